The van der Waals surface area contributed by atoms with Crippen LogP contribution in [0.15, 0.2) is 0 Å². The number of rotatable bonds is 33. The number of hydrogen-bond acceptors (Lipinski definition) is 6. The van der Waals surface area contributed by atoms with Crippen LogP contribution in [0.2, 0.25) is 0 Å². The van der Waals surface area contributed by atoms with E-state index in [-0.39, 0.29) is 0 Å². The van der Waals surface area contributed by atoms with Crippen LogP contribution in [0.4, 0.5) is 0 Å². The van der Waals surface area contributed by atoms with E-state index < -0.39 is 7.32 Å². The van der Waals surface area contributed by atoms with Gasteiger partial charge in [0.25, 0.3) is 0 Å². The summed E-state index contributed by atoms with van der Waals surface area (Å²) in [6, 6.07) is 0. The first-order valence-corrected chi connectivity index (χ1v) is 19.4. The van der Waals surface area contributed by atoms with E-state index in [1.165, 1.54) is 131 Å². The molecule has 0 radical (unpaired) electrons. The Morgan fingerprint density at radius 2 is 0.622 bits per heavy atom. The van der Waals surface area contributed by atoms with E-state index in [0.717, 1.165) is 39.1 Å². The van der Waals surface area contributed by atoms with Crippen LogP contribution >= 0.6 is 35.3 Å². The molecule has 3 nitrogen and oxygen atoms in total. The van der Waals surface area contributed by atoms with Gasteiger partial charge in [0.15, 0.2) is 0 Å². The van der Waals surface area contributed by atoms with E-state index in [0.29, 0.717) is 0 Å². The third-order valence-corrected chi connectivity index (χ3v) is 9.70. The minimum absolute atomic E-state index is 0.481. The summed E-state index contributed by atoms with van der Waals surface area (Å²) in [5.74, 6) is 7.66. The van der Waals surface area contributed by atoms with Gasteiger partial charge >= 0.3 is 7.32 Å². The van der Waals surface area contributed by atoms with Gasteiger partial charge in [0.1, 0.15) is 0 Å². The van der Waals surface area contributed by atoms with Crippen LogP contribution < -0.4 is 0 Å². The van der Waals surface area contributed by atoms with Crippen molar-refractivity contribution in [1.29, 1.82) is 0 Å². The summed E-state index contributed by atoms with van der Waals surface area (Å²) in [6.07, 6.45) is 23.3. The van der Waals surface area contributed by atoms with E-state index >= 15 is 0 Å². The molecule has 7 heteroatoms. The smallest absolute Gasteiger partial charge is 0.386 e. The summed E-state index contributed by atoms with van der Waals surface area (Å²) < 4.78 is 18.0. The van der Waals surface area contributed by atoms with Crippen molar-refractivity contribution in [3.8, 4) is 0 Å². The molecule has 222 valence electrons. The fourth-order valence-corrected chi connectivity index (χ4v) is 6.86. The summed E-state index contributed by atoms with van der Waals surface area (Å²) >= 11 is 6.29. The molecule has 0 saturated carbocycles. The lowest BCUT2D eigenvalue weighted by Crippen LogP contribution is -2.29. The van der Waals surface area contributed by atoms with Crippen LogP contribution in [-0.4, -0.2) is 61.7 Å². The molecule has 0 aliphatic carbocycles. The van der Waals surface area contributed by atoms with Gasteiger partial charge in [0.2, 0.25) is 0 Å². The van der Waals surface area contributed by atoms with Crippen LogP contribution in [0.25, 0.3) is 0 Å². The van der Waals surface area contributed by atoms with Gasteiger partial charge in [-0.2, -0.15) is 35.3 Å². The van der Waals surface area contributed by atoms with Crippen LogP contribution in [-0.2, 0) is 14.0 Å². The molecule has 0 heterocycles. The molecule has 0 rings (SSSR count). The zero-order chi connectivity index (χ0) is 26.9. The van der Waals surface area contributed by atoms with Gasteiger partial charge in [-0.15, -0.1) is 0 Å². The van der Waals surface area contributed by atoms with Crippen molar-refractivity contribution >= 4 is 42.6 Å². The molecule has 0 atom stereocenters. The Bertz CT molecular complexity index is 351. The minimum atomic E-state index is -0.481. The van der Waals surface area contributed by atoms with Crippen LogP contribution in [0.3, 0.4) is 0 Å². The van der Waals surface area contributed by atoms with Crippen LogP contribution in [0.1, 0.15) is 136 Å². The summed E-state index contributed by atoms with van der Waals surface area (Å²) in [6.45, 7) is 9.05. The van der Waals surface area contributed by atoms with Gasteiger partial charge in [0, 0.05) is 19.8 Å². The van der Waals surface area contributed by atoms with Crippen LogP contribution in [0.5, 0.6) is 0 Å². The number of thioether (sulfide) groups is 3. The minimum Gasteiger partial charge on any atom is -0.386 e. The third-order valence-electron chi connectivity index (χ3n) is 6.24. The Morgan fingerprint density at radius 3 is 0.892 bits per heavy atom. The first-order chi connectivity index (χ1) is 18.3. The predicted octanol–water partition coefficient (Wildman–Crippen LogP) is 10.3. The summed E-state index contributed by atoms with van der Waals surface area (Å²) in [5.41, 5.74) is 0. The highest BCUT2D eigenvalue weighted by atomic mass is 32.2. The maximum atomic E-state index is 6.00. The molecule has 0 unspecified atom stereocenters. The molecule has 0 saturated heterocycles. The molecule has 0 N–H and O–H groups in total. The lowest BCUT2D eigenvalue weighted by molar-refractivity contribution is 0.0900. The van der Waals surface area contributed by atoms with Crippen LogP contribution in [0, 0.1) is 0 Å². The van der Waals surface area contributed by atoms with Gasteiger partial charge < -0.3 is 14.0 Å². The summed E-state index contributed by atoms with van der Waals surface area (Å²) in [5, 5.41) is 0. The lowest BCUT2D eigenvalue weighted by Gasteiger charge is -2.15. The summed E-state index contributed by atoms with van der Waals surface area (Å²) in [7, 11) is -0.481. The Labute approximate surface area is 246 Å². The standard InChI is InChI=1S/C30H63BO3S3/c1-4-7-10-16-25-35-28-19-13-22-32-31(33-23-14-20-29-36-26-17-11-8-5-2)34-24-15-21-30-37-27-18-12-9-6-3/h4-30H2,1-3H3. The van der Waals surface area contributed by atoms with Crippen molar-refractivity contribution in [2.24, 2.45) is 0 Å². The van der Waals surface area contributed by atoms with Gasteiger partial charge in [-0.3, -0.25) is 0 Å². The quantitative estimate of drug-likeness (QED) is 0.0568. The first-order valence-electron chi connectivity index (χ1n) is 15.9. The fraction of sp³-hybridized carbons (Fsp3) is 1.00. The Kier molecular flexibility index (Phi) is 36.0. The monoisotopic (exact) mass is 578 g/mol. The Balaban J connectivity index is 3.87. The van der Waals surface area contributed by atoms with Gasteiger partial charge in [-0.05, 0) is 92.3 Å². The fourth-order valence-electron chi connectivity index (χ4n) is 3.80. The predicted molar refractivity (Wildman–Crippen MR) is 176 cm³/mol. The SMILES string of the molecule is CCCCCCSCCCCOB(OCCCCSCCCCCC)OCCCCSCCCCCC. The molecule has 0 aromatic heterocycles. The molecular formula is C30H63BO3S3. The molecular weight excluding hydrogens is 515 g/mol. The normalized spacial score (nSPS) is 11.4. The highest BCUT2D eigenvalue weighted by molar-refractivity contribution is 7.99. The van der Waals surface area contributed by atoms with Crippen molar-refractivity contribution < 1.29 is 14.0 Å². The molecule has 0 aliphatic heterocycles. The molecule has 0 bridgehead atoms. The highest BCUT2D eigenvalue weighted by Crippen LogP contribution is 2.13. The second-order valence-electron chi connectivity index (χ2n) is 10.0. The van der Waals surface area contributed by atoms with Gasteiger partial charge in [-0.1, -0.05) is 78.6 Å². The van der Waals surface area contributed by atoms with E-state index in [1.54, 1.807) is 0 Å². The molecule has 0 amide bonds. The van der Waals surface area contributed by atoms with Crippen molar-refractivity contribution in [2.45, 2.75) is 136 Å². The summed E-state index contributed by atoms with van der Waals surface area (Å²) in [4.78, 5) is 0. The second kappa shape index (κ2) is 35.0. The van der Waals surface area contributed by atoms with E-state index in [2.05, 4.69) is 56.1 Å². The zero-order valence-corrected chi connectivity index (χ0v) is 27.6. The average molecular weight is 579 g/mol. The zero-order valence-electron chi connectivity index (χ0n) is 25.1. The molecule has 0 aromatic rings. The molecule has 0 fully saturated rings. The average Bonchev–Trinajstić information content (AvgIpc) is 2.91. The maximum Gasteiger partial charge on any atom is 0.639 e. The topological polar surface area (TPSA) is 27.7 Å². The van der Waals surface area contributed by atoms with Gasteiger partial charge in [-0.25, -0.2) is 0 Å². The van der Waals surface area contributed by atoms with Gasteiger partial charge in [0.05, 0.1) is 0 Å². The number of hydrogen-bond donors (Lipinski definition) is 0. The first kappa shape index (κ1) is 38.0. The van der Waals surface area contributed by atoms with E-state index in [9.17, 15) is 0 Å². The molecule has 0 spiro atoms. The Hall–Kier alpha value is 0.995. The third kappa shape index (κ3) is 33.1. The van der Waals surface area contributed by atoms with E-state index in [4.69, 9.17) is 14.0 Å². The van der Waals surface area contributed by atoms with E-state index in [1.807, 2.05) is 0 Å². The van der Waals surface area contributed by atoms with Crippen molar-refractivity contribution in [3.05, 3.63) is 0 Å². The molecule has 37 heavy (non-hydrogen) atoms. The Morgan fingerprint density at radius 1 is 0.351 bits per heavy atom. The van der Waals surface area contributed by atoms with Crippen molar-refractivity contribution in [1.82, 2.24) is 0 Å². The van der Waals surface area contributed by atoms with Crippen molar-refractivity contribution in [3.63, 3.8) is 0 Å². The largest absolute Gasteiger partial charge is 0.639 e. The molecule has 0 aromatic carbocycles. The van der Waals surface area contributed by atoms with Crippen molar-refractivity contribution in [2.75, 3.05) is 54.3 Å². The second-order valence-corrected chi connectivity index (χ2v) is 13.7. The highest BCUT2D eigenvalue weighted by Gasteiger charge is 2.20. The lowest BCUT2D eigenvalue weighted by atomic mass is 10.2. The maximum absolute atomic E-state index is 6.00. The number of unbranched alkanes of at least 4 members (excludes halogenated alkanes) is 12. The molecule has 0 aliphatic rings.